The molecule has 0 fully saturated rings. The lowest BCUT2D eigenvalue weighted by atomic mass is 10.3. The molecule has 0 amide bonds. The van der Waals surface area contributed by atoms with E-state index in [0.717, 1.165) is 5.82 Å². The van der Waals surface area contributed by atoms with E-state index in [4.69, 9.17) is 11.6 Å². The van der Waals surface area contributed by atoms with Crippen molar-refractivity contribution in [3.05, 3.63) is 34.9 Å². The largest absolute Gasteiger partial charge is 0.349 e. The van der Waals surface area contributed by atoms with Gasteiger partial charge in [0.15, 0.2) is 15.1 Å². The van der Waals surface area contributed by atoms with E-state index in [1.165, 1.54) is 15.7 Å². The summed E-state index contributed by atoms with van der Waals surface area (Å²) in [6.45, 7) is 0.302. The van der Waals surface area contributed by atoms with Gasteiger partial charge in [-0.3, -0.25) is 4.40 Å². The molecule has 0 spiro atoms. The molecule has 0 unspecified atom stereocenters. The molecule has 2 N–H and O–H groups in total. The van der Waals surface area contributed by atoms with Crippen molar-refractivity contribution >= 4 is 37.9 Å². The summed E-state index contributed by atoms with van der Waals surface area (Å²) in [7, 11) is -3.69. The van der Waals surface area contributed by atoms with Crippen LogP contribution in [-0.4, -0.2) is 34.3 Å². The standard InChI is InChI=1S/C11H12ClN5O2S2/c12-9-10(17-6-7-20-11(17)16-9)21(18,19)15-3-1-2-8-13-4-5-14-8/h4-7,15H,1-3H2,(H,13,14). The van der Waals surface area contributed by atoms with Crippen molar-refractivity contribution in [3.8, 4) is 0 Å². The molecule has 21 heavy (non-hydrogen) atoms. The number of sulfonamides is 1. The Labute approximate surface area is 130 Å². The van der Waals surface area contributed by atoms with Crippen LogP contribution in [0.2, 0.25) is 5.15 Å². The maximum absolute atomic E-state index is 12.3. The minimum atomic E-state index is -3.69. The fraction of sp³-hybridized carbons (Fsp3) is 0.273. The van der Waals surface area contributed by atoms with Gasteiger partial charge >= 0.3 is 0 Å². The topological polar surface area (TPSA) is 92.1 Å². The van der Waals surface area contributed by atoms with Gasteiger partial charge < -0.3 is 4.98 Å². The highest BCUT2D eigenvalue weighted by Gasteiger charge is 2.24. The summed E-state index contributed by atoms with van der Waals surface area (Å²) in [6, 6.07) is 0. The molecule has 0 bridgehead atoms. The molecule has 0 aromatic carbocycles. The Morgan fingerprint density at radius 2 is 2.33 bits per heavy atom. The van der Waals surface area contributed by atoms with E-state index < -0.39 is 10.0 Å². The number of fused-ring (bicyclic) bond motifs is 1. The minimum absolute atomic E-state index is 0.0135. The second-order valence-electron chi connectivity index (χ2n) is 4.30. The maximum atomic E-state index is 12.3. The van der Waals surface area contributed by atoms with Crippen LogP contribution in [0.15, 0.2) is 29.0 Å². The normalized spacial score (nSPS) is 12.2. The summed E-state index contributed by atoms with van der Waals surface area (Å²) in [6.07, 6.45) is 6.34. The van der Waals surface area contributed by atoms with Crippen LogP contribution in [0.3, 0.4) is 0 Å². The van der Waals surface area contributed by atoms with Crippen molar-refractivity contribution in [1.29, 1.82) is 0 Å². The van der Waals surface area contributed by atoms with Gasteiger partial charge in [-0.15, -0.1) is 11.3 Å². The first kappa shape index (κ1) is 14.5. The summed E-state index contributed by atoms with van der Waals surface area (Å²) in [4.78, 5) is 11.6. The molecule has 3 rings (SSSR count). The number of nitrogens with zero attached hydrogens (tertiary/aromatic N) is 3. The van der Waals surface area contributed by atoms with Crippen LogP contribution in [0.25, 0.3) is 4.96 Å². The third-order valence-corrected chi connectivity index (χ3v) is 5.49. The summed E-state index contributed by atoms with van der Waals surface area (Å²) in [5.74, 6) is 0.830. The number of aromatic amines is 1. The zero-order chi connectivity index (χ0) is 14.9. The Morgan fingerprint density at radius 3 is 3.10 bits per heavy atom. The minimum Gasteiger partial charge on any atom is -0.349 e. The van der Waals surface area contributed by atoms with Crippen LogP contribution in [-0.2, 0) is 16.4 Å². The fourth-order valence-corrected chi connectivity index (χ4v) is 4.47. The Hall–Kier alpha value is -1.42. The van der Waals surface area contributed by atoms with E-state index in [9.17, 15) is 8.42 Å². The molecule has 112 valence electrons. The van der Waals surface area contributed by atoms with Crippen molar-refractivity contribution in [3.63, 3.8) is 0 Å². The number of imidazole rings is 2. The fourth-order valence-electron chi connectivity index (χ4n) is 1.94. The molecule has 0 radical (unpaired) electrons. The molecular formula is C11H12ClN5O2S2. The van der Waals surface area contributed by atoms with E-state index in [1.807, 2.05) is 0 Å². The van der Waals surface area contributed by atoms with Crippen molar-refractivity contribution in [2.24, 2.45) is 0 Å². The van der Waals surface area contributed by atoms with Crippen molar-refractivity contribution < 1.29 is 8.42 Å². The van der Waals surface area contributed by atoms with Gasteiger partial charge in [0.25, 0.3) is 10.0 Å². The highest BCUT2D eigenvalue weighted by molar-refractivity contribution is 7.89. The van der Waals surface area contributed by atoms with Crippen LogP contribution in [0.5, 0.6) is 0 Å². The highest BCUT2D eigenvalue weighted by atomic mass is 35.5. The van der Waals surface area contributed by atoms with Crippen LogP contribution < -0.4 is 4.72 Å². The number of hydrogen-bond acceptors (Lipinski definition) is 5. The second-order valence-corrected chi connectivity index (χ2v) is 7.21. The number of hydrogen-bond donors (Lipinski definition) is 2. The monoisotopic (exact) mass is 345 g/mol. The summed E-state index contributed by atoms with van der Waals surface area (Å²) in [5.41, 5.74) is 0. The number of thiazole rings is 1. The first-order valence-corrected chi connectivity index (χ1v) is 8.91. The van der Waals surface area contributed by atoms with Crippen LogP contribution in [0.1, 0.15) is 12.2 Å². The summed E-state index contributed by atoms with van der Waals surface area (Å²) >= 11 is 7.26. The van der Waals surface area contributed by atoms with Crippen molar-refractivity contribution in [1.82, 2.24) is 24.1 Å². The summed E-state index contributed by atoms with van der Waals surface area (Å²) in [5, 5.41) is 1.73. The predicted octanol–water partition coefficient (Wildman–Crippen LogP) is 1.68. The molecule has 0 aliphatic rings. The Morgan fingerprint density at radius 1 is 1.48 bits per heavy atom. The third kappa shape index (κ3) is 2.95. The SMILES string of the molecule is O=S(=O)(NCCCc1ncc[nH]1)c1c(Cl)nc2sccn12. The lowest BCUT2D eigenvalue weighted by Gasteiger charge is -2.05. The second kappa shape index (κ2) is 5.76. The zero-order valence-corrected chi connectivity index (χ0v) is 13.2. The molecule has 0 atom stereocenters. The molecule has 0 aliphatic heterocycles. The van der Waals surface area contributed by atoms with Gasteiger partial charge in [-0.2, -0.15) is 0 Å². The zero-order valence-electron chi connectivity index (χ0n) is 10.8. The van der Waals surface area contributed by atoms with Gasteiger partial charge in [-0.05, 0) is 6.42 Å². The number of nitrogens with one attached hydrogen (secondary N) is 2. The first-order chi connectivity index (χ1) is 10.1. The Balaban J connectivity index is 1.69. The number of halogens is 1. The molecule has 3 aromatic heterocycles. The van der Waals surface area contributed by atoms with Gasteiger partial charge in [-0.25, -0.2) is 23.1 Å². The lowest BCUT2D eigenvalue weighted by Crippen LogP contribution is -2.26. The lowest BCUT2D eigenvalue weighted by molar-refractivity contribution is 0.573. The molecule has 3 aromatic rings. The van der Waals surface area contributed by atoms with Gasteiger partial charge in [0.05, 0.1) is 0 Å². The van der Waals surface area contributed by atoms with Crippen LogP contribution in [0.4, 0.5) is 0 Å². The van der Waals surface area contributed by atoms with Crippen molar-refractivity contribution in [2.45, 2.75) is 17.9 Å². The maximum Gasteiger partial charge on any atom is 0.259 e. The smallest absolute Gasteiger partial charge is 0.259 e. The van der Waals surface area contributed by atoms with Gasteiger partial charge in [-0.1, -0.05) is 11.6 Å². The number of H-pyrrole nitrogens is 1. The molecule has 7 nitrogen and oxygen atoms in total. The molecular weight excluding hydrogens is 334 g/mol. The van der Waals surface area contributed by atoms with Gasteiger partial charge in [0.2, 0.25) is 0 Å². The van der Waals surface area contributed by atoms with E-state index in [1.54, 1.807) is 24.0 Å². The van der Waals surface area contributed by atoms with Gasteiger partial charge in [0.1, 0.15) is 5.82 Å². The Kier molecular flexibility index (Phi) is 3.98. The van der Waals surface area contributed by atoms with Crippen LogP contribution >= 0.6 is 22.9 Å². The quantitative estimate of drug-likeness (QED) is 0.665. The van der Waals surface area contributed by atoms with E-state index in [-0.39, 0.29) is 10.2 Å². The van der Waals surface area contributed by atoms with Gasteiger partial charge in [0, 0.05) is 36.9 Å². The van der Waals surface area contributed by atoms with E-state index >= 15 is 0 Å². The molecule has 10 heteroatoms. The highest BCUT2D eigenvalue weighted by Crippen LogP contribution is 2.25. The molecule has 0 saturated carbocycles. The van der Waals surface area contributed by atoms with Crippen LogP contribution in [0, 0.1) is 0 Å². The molecule has 3 heterocycles. The number of aromatic nitrogens is 4. The number of rotatable bonds is 6. The van der Waals surface area contributed by atoms with E-state index in [2.05, 4.69) is 19.7 Å². The Bertz CT molecular complexity index is 837. The third-order valence-electron chi connectivity index (χ3n) is 2.87. The average molecular weight is 346 g/mol. The molecule has 0 aliphatic carbocycles. The first-order valence-electron chi connectivity index (χ1n) is 6.17. The van der Waals surface area contributed by atoms with E-state index in [0.29, 0.717) is 24.3 Å². The van der Waals surface area contributed by atoms with Crippen molar-refractivity contribution in [2.75, 3.05) is 6.54 Å². The average Bonchev–Trinajstić information content (AvgIpc) is 3.10. The number of aryl methyl sites for hydroxylation is 1. The predicted molar refractivity (Wildman–Crippen MR) is 80.2 cm³/mol. The molecule has 0 saturated heterocycles. The summed E-state index contributed by atoms with van der Waals surface area (Å²) < 4.78 is 28.6.